The number of amides is 1. The summed E-state index contributed by atoms with van der Waals surface area (Å²) in [7, 11) is 0. The minimum absolute atomic E-state index is 0.221. The van der Waals surface area contributed by atoms with Crippen molar-refractivity contribution in [2.24, 2.45) is 0 Å². The molecule has 3 aromatic rings. The van der Waals surface area contributed by atoms with Crippen molar-refractivity contribution in [2.75, 3.05) is 13.1 Å². The highest BCUT2D eigenvalue weighted by atomic mass is 32.1. The third kappa shape index (κ3) is 4.00. The standard InChI is InChI=1S/C20H21F2N3O3S/c1-3-8-23(9-4-2)17(26)12-24-16-7-10-29-18(16)19(27)25(20(24)28)15-6-5-13(21)11-14(15)22/h5-7,10-11H,3-4,8-9,12H2,1-2H3. The number of hydrogen-bond donors (Lipinski definition) is 0. The predicted molar refractivity (Wildman–Crippen MR) is 109 cm³/mol. The van der Waals surface area contributed by atoms with Gasteiger partial charge >= 0.3 is 5.69 Å². The first-order valence-corrected chi connectivity index (χ1v) is 10.2. The quantitative estimate of drug-likeness (QED) is 0.589. The molecule has 6 nitrogen and oxygen atoms in total. The fourth-order valence-electron chi connectivity index (χ4n) is 3.25. The number of thiophene rings is 1. The van der Waals surface area contributed by atoms with Crippen molar-refractivity contribution in [2.45, 2.75) is 33.2 Å². The highest BCUT2D eigenvalue weighted by Gasteiger charge is 2.21. The molecule has 0 aliphatic rings. The van der Waals surface area contributed by atoms with E-state index in [1.807, 2.05) is 13.8 Å². The van der Waals surface area contributed by atoms with Gasteiger partial charge in [-0.15, -0.1) is 11.3 Å². The van der Waals surface area contributed by atoms with E-state index in [9.17, 15) is 23.2 Å². The van der Waals surface area contributed by atoms with Crippen LogP contribution in [0.5, 0.6) is 0 Å². The van der Waals surface area contributed by atoms with Crippen molar-refractivity contribution in [3.05, 3.63) is 62.1 Å². The molecular formula is C20H21F2N3O3S. The van der Waals surface area contributed by atoms with E-state index >= 15 is 0 Å². The second-order valence-electron chi connectivity index (χ2n) is 6.62. The lowest BCUT2D eigenvalue weighted by Gasteiger charge is -2.22. The molecule has 3 rings (SSSR count). The average Bonchev–Trinajstić information content (AvgIpc) is 3.16. The number of carbonyl (C=O) groups is 1. The van der Waals surface area contributed by atoms with E-state index < -0.39 is 22.9 Å². The van der Waals surface area contributed by atoms with Crippen LogP contribution in [0, 0.1) is 11.6 Å². The van der Waals surface area contributed by atoms with E-state index in [0.717, 1.165) is 36.3 Å². The number of aromatic nitrogens is 2. The lowest BCUT2D eigenvalue weighted by molar-refractivity contribution is -0.131. The van der Waals surface area contributed by atoms with Crippen LogP contribution in [0.3, 0.4) is 0 Å². The second kappa shape index (κ2) is 8.69. The van der Waals surface area contributed by atoms with Gasteiger partial charge in [0.2, 0.25) is 5.91 Å². The number of hydrogen-bond acceptors (Lipinski definition) is 4. The highest BCUT2D eigenvalue weighted by Crippen LogP contribution is 2.18. The lowest BCUT2D eigenvalue weighted by Crippen LogP contribution is -2.43. The summed E-state index contributed by atoms with van der Waals surface area (Å²) >= 11 is 1.10. The van der Waals surface area contributed by atoms with Gasteiger partial charge in [0, 0.05) is 19.2 Å². The summed E-state index contributed by atoms with van der Waals surface area (Å²) in [4.78, 5) is 40.4. The fourth-order valence-corrected chi connectivity index (χ4v) is 4.08. The summed E-state index contributed by atoms with van der Waals surface area (Å²) < 4.78 is 29.7. The molecule has 0 aliphatic carbocycles. The minimum atomic E-state index is -1.03. The Morgan fingerprint density at radius 2 is 1.79 bits per heavy atom. The molecule has 29 heavy (non-hydrogen) atoms. The number of nitrogens with zero attached hydrogens (tertiary/aromatic N) is 3. The maximum Gasteiger partial charge on any atom is 0.336 e. The summed E-state index contributed by atoms with van der Waals surface area (Å²) in [5.41, 5.74) is -1.57. The van der Waals surface area contributed by atoms with Gasteiger partial charge in [-0.2, -0.15) is 0 Å². The maximum absolute atomic E-state index is 14.3. The average molecular weight is 421 g/mol. The largest absolute Gasteiger partial charge is 0.341 e. The second-order valence-corrected chi connectivity index (χ2v) is 7.54. The molecule has 0 saturated carbocycles. The molecule has 0 radical (unpaired) electrons. The van der Waals surface area contributed by atoms with Crippen LogP contribution in [0.1, 0.15) is 26.7 Å². The normalized spacial score (nSPS) is 11.2. The lowest BCUT2D eigenvalue weighted by atomic mass is 10.3. The van der Waals surface area contributed by atoms with E-state index in [1.165, 1.54) is 4.57 Å². The molecule has 0 saturated heterocycles. The summed E-state index contributed by atoms with van der Waals surface area (Å²) in [6.45, 7) is 4.75. The number of carbonyl (C=O) groups excluding carboxylic acids is 1. The van der Waals surface area contributed by atoms with Crippen LogP contribution in [0.4, 0.5) is 8.78 Å². The maximum atomic E-state index is 14.3. The smallest absolute Gasteiger partial charge is 0.336 e. The van der Waals surface area contributed by atoms with Crippen molar-refractivity contribution in [3.63, 3.8) is 0 Å². The third-order valence-electron chi connectivity index (χ3n) is 4.54. The molecule has 0 spiro atoms. The number of halogens is 2. The van der Waals surface area contributed by atoms with E-state index in [4.69, 9.17) is 0 Å². The SMILES string of the molecule is CCCN(CCC)C(=O)Cn1c(=O)n(-c2ccc(F)cc2F)c(=O)c2sccc21. The molecule has 0 aliphatic heterocycles. The summed E-state index contributed by atoms with van der Waals surface area (Å²) in [5.74, 6) is -2.11. The molecule has 0 fully saturated rings. The van der Waals surface area contributed by atoms with Gasteiger partial charge < -0.3 is 4.90 Å². The molecule has 2 aromatic heterocycles. The monoisotopic (exact) mass is 421 g/mol. The van der Waals surface area contributed by atoms with E-state index in [2.05, 4.69) is 0 Å². The van der Waals surface area contributed by atoms with Gasteiger partial charge in [0.25, 0.3) is 5.56 Å². The van der Waals surface area contributed by atoms with Crippen molar-refractivity contribution >= 4 is 27.5 Å². The van der Waals surface area contributed by atoms with E-state index in [0.29, 0.717) is 29.2 Å². The molecule has 1 amide bonds. The first-order valence-electron chi connectivity index (χ1n) is 9.35. The van der Waals surface area contributed by atoms with Crippen molar-refractivity contribution in [1.29, 1.82) is 0 Å². The van der Waals surface area contributed by atoms with Crippen LogP contribution in [0.2, 0.25) is 0 Å². The van der Waals surface area contributed by atoms with Crippen molar-refractivity contribution in [3.8, 4) is 5.69 Å². The minimum Gasteiger partial charge on any atom is -0.341 e. The van der Waals surface area contributed by atoms with E-state index in [1.54, 1.807) is 16.3 Å². The Kier molecular flexibility index (Phi) is 6.26. The topological polar surface area (TPSA) is 64.3 Å². The van der Waals surface area contributed by atoms with Crippen LogP contribution in [-0.4, -0.2) is 33.0 Å². The van der Waals surface area contributed by atoms with Gasteiger partial charge in [-0.1, -0.05) is 13.8 Å². The Bertz CT molecular complexity index is 1160. The summed E-state index contributed by atoms with van der Waals surface area (Å²) in [5, 5.41) is 1.63. The zero-order chi connectivity index (χ0) is 21.1. The molecule has 0 bridgehead atoms. The van der Waals surface area contributed by atoms with Gasteiger partial charge in [-0.05, 0) is 36.4 Å². The van der Waals surface area contributed by atoms with Gasteiger partial charge in [-0.3, -0.25) is 14.2 Å². The molecular weight excluding hydrogens is 400 g/mol. The van der Waals surface area contributed by atoms with Crippen LogP contribution < -0.4 is 11.2 Å². The Morgan fingerprint density at radius 3 is 2.41 bits per heavy atom. The Labute approximate surface area is 169 Å². The molecule has 0 atom stereocenters. The zero-order valence-electron chi connectivity index (χ0n) is 16.2. The molecule has 0 N–H and O–H groups in total. The van der Waals surface area contributed by atoms with Gasteiger partial charge in [0.05, 0.1) is 11.2 Å². The predicted octanol–water partition coefficient (Wildman–Crippen LogP) is 3.14. The van der Waals surface area contributed by atoms with Gasteiger partial charge in [0.15, 0.2) is 0 Å². The molecule has 0 unspecified atom stereocenters. The van der Waals surface area contributed by atoms with Gasteiger partial charge in [-0.25, -0.2) is 18.1 Å². The van der Waals surface area contributed by atoms with Crippen LogP contribution in [0.15, 0.2) is 39.2 Å². The summed E-state index contributed by atoms with van der Waals surface area (Å²) in [6.07, 6.45) is 1.55. The number of benzene rings is 1. The van der Waals surface area contributed by atoms with Crippen LogP contribution >= 0.6 is 11.3 Å². The molecule has 9 heteroatoms. The van der Waals surface area contributed by atoms with Crippen molar-refractivity contribution in [1.82, 2.24) is 14.0 Å². The number of fused-ring (bicyclic) bond motifs is 1. The van der Waals surface area contributed by atoms with Crippen LogP contribution in [0.25, 0.3) is 15.9 Å². The van der Waals surface area contributed by atoms with E-state index in [-0.39, 0.29) is 22.8 Å². The highest BCUT2D eigenvalue weighted by molar-refractivity contribution is 7.17. The van der Waals surface area contributed by atoms with Crippen molar-refractivity contribution < 1.29 is 13.6 Å². The van der Waals surface area contributed by atoms with Crippen LogP contribution in [-0.2, 0) is 11.3 Å². The zero-order valence-corrected chi connectivity index (χ0v) is 17.0. The number of rotatable bonds is 7. The summed E-state index contributed by atoms with van der Waals surface area (Å²) in [6, 6.07) is 4.22. The molecule has 1 aromatic carbocycles. The van der Waals surface area contributed by atoms with Gasteiger partial charge in [0.1, 0.15) is 22.9 Å². The third-order valence-corrected chi connectivity index (χ3v) is 5.43. The Balaban J connectivity index is 2.18. The Hall–Kier alpha value is -2.81. The Morgan fingerprint density at radius 1 is 1.10 bits per heavy atom. The fraction of sp³-hybridized carbons (Fsp3) is 0.350. The first-order chi connectivity index (χ1) is 13.9. The molecule has 154 valence electrons. The first kappa shape index (κ1) is 20.9. The molecule has 2 heterocycles.